The molecule has 4 aromatic rings. The zero-order valence-electron chi connectivity index (χ0n) is 19.5. The summed E-state index contributed by atoms with van der Waals surface area (Å²) >= 11 is 0. The molecular weight excluding hydrogens is 423 g/mol. The fourth-order valence-electron chi connectivity index (χ4n) is 5.18. The van der Waals surface area contributed by atoms with Crippen LogP contribution in [0, 0.1) is 6.92 Å². The van der Waals surface area contributed by atoms with Gasteiger partial charge in [0.05, 0.1) is 11.0 Å². The molecule has 0 spiro atoms. The fraction of sp³-hybridized carbons (Fsp3) is 0.200. The molecule has 1 atom stereocenters. The van der Waals surface area contributed by atoms with Crippen molar-refractivity contribution in [1.29, 1.82) is 0 Å². The third-order valence-corrected chi connectivity index (χ3v) is 10.1. The predicted octanol–water partition coefficient (Wildman–Crippen LogP) is 7.08. The second kappa shape index (κ2) is 7.75. The van der Waals surface area contributed by atoms with Gasteiger partial charge in [-0.05, 0) is 46.2 Å². The van der Waals surface area contributed by atoms with Gasteiger partial charge in [-0.1, -0.05) is 106 Å². The standard InChI is InChI=1S/C30H29O2P/c1-20-18-26(30(2,3)4)28(31)27(19-20)33(32,21-12-6-5-7-13-21)29-24-16-10-8-14-22(24)23-15-9-11-17-25(23)29/h5-19,29,31H,1-4H3. The molecule has 2 nitrogen and oxygen atoms in total. The van der Waals surface area contributed by atoms with Crippen molar-refractivity contribution in [1.82, 2.24) is 0 Å². The molecule has 0 saturated carbocycles. The first-order valence-electron chi connectivity index (χ1n) is 11.4. The molecule has 1 N–H and O–H groups in total. The van der Waals surface area contributed by atoms with Gasteiger partial charge in [0.15, 0.2) is 7.14 Å². The summed E-state index contributed by atoms with van der Waals surface area (Å²) in [7, 11) is -3.35. The Labute approximate surface area is 196 Å². The van der Waals surface area contributed by atoms with Crippen LogP contribution >= 0.6 is 7.14 Å². The zero-order valence-corrected chi connectivity index (χ0v) is 20.4. The van der Waals surface area contributed by atoms with E-state index in [4.69, 9.17) is 0 Å². The van der Waals surface area contributed by atoms with Gasteiger partial charge in [-0.3, -0.25) is 0 Å². The van der Waals surface area contributed by atoms with Gasteiger partial charge < -0.3 is 9.67 Å². The molecule has 0 saturated heterocycles. The lowest BCUT2D eigenvalue weighted by atomic mass is 9.85. The first kappa shape index (κ1) is 21.7. The highest BCUT2D eigenvalue weighted by Crippen LogP contribution is 2.66. The van der Waals surface area contributed by atoms with Crippen LogP contribution in [0.5, 0.6) is 5.75 Å². The quantitative estimate of drug-likeness (QED) is 0.337. The van der Waals surface area contributed by atoms with Crippen molar-refractivity contribution in [3.8, 4) is 16.9 Å². The lowest BCUT2D eigenvalue weighted by Crippen LogP contribution is -2.24. The van der Waals surface area contributed by atoms with Gasteiger partial charge in [-0.2, -0.15) is 0 Å². The van der Waals surface area contributed by atoms with E-state index in [0.717, 1.165) is 38.7 Å². The molecule has 0 fully saturated rings. The van der Waals surface area contributed by atoms with Crippen LogP contribution in [0.2, 0.25) is 0 Å². The maximum Gasteiger partial charge on any atom is 0.158 e. The van der Waals surface area contributed by atoms with E-state index in [1.54, 1.807) is 0 Å². The third kappa shape index (κ3) is 3.36. The van der Waals surface area contributed by atoms with Gasteiger partial charge in [0.25, 0.3) is 0 Å². The minimum Gasteiger partial charge on any atom is -0.507 e. The second-order valence-corrected chi connectivity index (χ2v) is 12.8. The number of rotatable bonds is 3. The van der Waals surface area contributed by atoms with E-state index < -0.39 is 7.14 Å². The molecule has 5 rings (SSSR count). The number of phenolic OH excluding ortho intramolecular Hbond substituents is 1. The van der Waals surface area contributed by atoms with Gasteiger partial charge >= 0.3 is 0 Å². The summed E-state index contributed by atoms with van der Waals surface area (Å²) in [5.74, 6) is 0.155. The zero-order chi connectivity index (χ0) is 23.4. The molecule has 0 amide bonds. The molecule has 0 aromatic heterocycles. The van der Waals surface area contributed by atoms with E-state index in [1.807, 2.05) is 73.7 Å². The van der Waals surface area contributed by atoms with Crippen molar-refractivity contribution in [2.24, 2.45) is 0 Å². The van der Waals surface area contributed by atoms with E-state index in [2.05, 4.69) is 45.0 Å². The Kier molecular flexibility index (Phi) is 5.10. The Morgan fingerprint density at radius 2 is 1.27 bits per heavy atom. The molecule has 3 heteroatoms. The monoisotopic (exact) mass is 452 g/mol. The van der Waals surface area contributed by atoms with Gasteiger partial charge in [0.1, 0.15) is 5.75 Å². The van der Waals surface area contributed by atoms with Crippen molar-refractivity contribution in [3.05, 3.63) is 113 Å². The number of aryl methyl sites for hydroxylation is 1. The average Bonchev–Trinajstić information content (AvgIpc) is 3.15. The van der Waals surface area contributed by atoms with Crippen LogP contribution in [0.3, 0.4) is 0 Å². The first-order valence-corrected chi connectivity index (χ1v) is 13.2. The third-order valence-electron chi connectivity index (χ3n) is 6.70. The molecular formula is C30H29O2P. The summed E-state index contributed by atoms with van der Waals surface area (Å²) in [6, 6.07) is 30.2. The SMILES string of the molecule is Cc1cc(C(C)(C)C)c(O)c(P(=O)(c2ccccc2)C2c3ccccc3-c3ccccc32)c1. The van der Waals surface area contributed by atoms with Crippen LogP contribution in [-0.4, -0.2) is 5.11 Å². The number of hydrogen-bond donors (Lipinski definition) is 1. The van der Waals surface area contributed by atoms with Gasteiger partial charge in [-0.25, -0.2) is 0 Å². The fourth-order valence-corrected chi connectivity index (χ4v) is 8.72. The normalized spacial score (nSPS) is 15.0. The molecule has 4 aromatic carbocycles. The smallest absolute Gasteiger partial charge is 0.158 e. The Morgan fingerprint density at radius 3 is 1.82 bits per heavy atom. The molecule has 1 aliphatic rings. The molecule has 0 radical (unpaired) electrons. The Bertz CT molecular complexity index is 1350. The molecule has 0 aliphatic heterocycles. The Hall–Kier alpha value is -3.09. The summed E-state index contributed by atoms with van der Waals surface area (Å²) in [5, 5.41) is 12.9. The Morgan fingerprint density at radius 1 is 0.758 bits per heavy atom. The number of benzene rings is 4. The molecule has 0 bridgehead atoms. The van der Waals surface area contributed by atoms with Crippen molar-refractivity contribution in [2.75, 3.05) is 0 Å². The van der Waals surface area contributed by atoms with Crippen LogP contribution in [-0.2, 0) is 9.98 Å². The number of aromatic hydroxyl groups is 1. The maximum atomic E-state index is 15.6. The van der Waals surface area contributed by atoms with E-state index in [1.165, 1.54) is 0 Å². The van der Waals surface area contributed by atoms with Crippen LogP contribution in [0.4, 0.5) is 0 Å². The van der Waals surface area contributed by atoms with Crippen molar-refractivity contribution in [2.45, 2.75) is 38.8 Å². The molecule has 1 aliphatic carbocycles. The molecule has 33 heavy (non-hydrogen) atoms. The van der Waals surface area contributed by atoms with Gasteiger partial charge in [0.2, 0.25) is 0 Å². The summed E-state index contributed by atoms with van der Waals surface area (Å²) in [6.07, 6.45) is 0. The highest BCUT2D eigenvalue weighted by Gasteiger charge is 2.46. The van der Waals surface area contributed by atoms with E-state index in [0.29, 0.717) is 5.30 Å². The second-order valence-electron chi connectivity index (χ2n) is 10.0. The molecule has 1 unspecified atom stereocenters. The van der Waals surface area contributed by atoms with Gasteiger partial charge in [0, 0.05) is 10.9 Å². The van der Waals surface area contributed by atoms with E-state index >= 15 is 4.57 Å². The minimum atomic E-state index is -3.35. The topological polar surface area (TPSA) is 37.3 Å². The van der Waals surface area contributed by atoms with Gasteiger partial charge in [-0.15, -0.1) is 0 Å². The highest BCUT2D eigenvalue weighted by atomic mass is 31.2. The lowest BCUT2D eigenvalue weighted by Gasteiger charge is -2.31. The number of phenols is 1. The average molecular weight is 453 g/mol. The largest absolute Gasteiger partial charge is 0.507 e. The number of fused-ring (bicyclic) bond motifs is 3. The van der Waals surface area contributed by atoms with Crippen LogP contribution < -0.4 is 10.6 Å². The highest BCUT2D eigenvalue weighted by molar-refractivity contribution is 7.79. The van der Waals surface area contributed by atoms with E-state index in [9.17, 15) is 5.11 Å². The van der Waals surface area contributed by atoms with Crippen LogP contribution in [0.1, 0.15) is 48.7 Å². The summed E-state index contributed by atoms with van der Waals surface area (Å²) < 4.78 is 15.6. The lowest BCUT2D eigenvalue weighted by molar-refractivity contribution is 0.450. The summed E-state index contributed by atoms with van der Waals surface area (Å²) in [5.41, 5.74) is 5.56. The van der Waals surface area contributed by atoms with Crippen LogP contribution in [0.15, 0.2) is 91.0 Å². The molecule has 166 valence electrons. The molecule has 0 heterocycles. The van der Waals surface area contributed by atoms with Crippen molar-refractivity contribution < 1.29 is 9.67 Å². The van der Waals surface area contributed by atoms with Crippen molar-refractivity contribution in [3.63, 3.8) is 0 Å². The Balaban J connectivity index is 1.90. The maximum absolute atomic E-state index is 15.6. The first-order chi connectivity index (χ1) is 15.7. The van der Waals surface area contributed by atoms with Crippen molar-refractivity contribution >= 4 is 17.8 Å². The minimum absolute atomic E-state index is 0.155. The summed E-state index contributed by atoms with van der Waals surface area (Å²) in [4.78, 5) is 0. The van der Waals surface area contributed by atoms with Crippen LogP contribution in [0.25, 0.3) is 11.1 Å². The summed E-state index contributed by atoms with van der Waals surface area (Å²) in [6.45, 7) is 8.26. The predicted molar refractivity (Wildman–Crippen MR) is 139 cm³/mol. The number of hydrogen-bond acceptors (Lipinski definition) is 2. The van der Waals surface area contributed by atoms with E-state index in [-0.39, 0.29) is 16.8 Å².